The van der Waals surface area contributed by atoms with E-state index in [-0.39, 0.29) is 5.82 Å². The maximum absolute atomic E-state index is 13.3. The molecule has 5 heteroatoms. The van der Waals surface area contributed by atoms with Crippen LogP contribution in [0.5, 0.6) is 0 Å². The van der Waals surface area contributed by atoms with Crippen molar-refractivity contribution in [3.05, 3.63) is 41.0 Å². The lowest BCUT2D eigenvalue weighted by molar-refractivity contribution is 0.628. The molecule has 1 aromatic carbocycles. The Morgan fingerprint density at radius 3 is 2.50 bits per heavy atom. The molecule has 0 spiro atoms. The van der Waals surface area contributed by atoms with Gasteiger partial charge in [0, 0.05) is 17.8 Å². The lowest BCUT2D eigenvalue weighted by Gasteiger charge is -2.15. The first-order valence-corrected chi connectivity index (χ1v) is 6.63. The van der Waals surface area contributed by atoms with Gasteiger partial charge >= 0.3 is 0 Å². The van der Waals surface area contributed by atoms with Crippen molar-refractivity contribution < 1.29 is 4.39 Å². The number of rotatable bonds is 4. The van der Waals surface area contributed by atoms with E-state index in [1.165, 1.54) is 12.1 Å². The Bertz CT molecular complexity index is 626. The first kappa shape index (κ1) is 14.2. The Labute approximate surface area is 118 Å². The number of halogens is 1. The number of nitrogens with one attached hydrogen (secondary N) is 2. The van der Waals surface area contributed by atoms with Gasteiger partial charge in [0.25, 0.3) is 0 Å². The molecule has 2 N–H and O–H groups in total. The molecule has 4 nitrogen and oxygen atoms in total. The van der Waals surface area contributed by atoms with Gasteiger partial charge < -0.3 is 10.6 Å². The molecule has 1 aromatic heterocycles. The van der Waals surface area contributed by atoms with Crippen LogP contribution >= 0.6 is 0 Å². The Morgan fingerprint density at radius 2 is 1.80 bits per heavy atom. The highest BCUT2D eigenvalue weighted by Crippen LogP contribution is 2.25. The summed E-state index contributed by atoms with van der Waals surface area (Å²) >= 11 is 0. The Kier molecular flexibility index (Phi) is 4.17. The van der Waals surface area contributed by atoms with Crippen LogP contribution in [0, 0.1) is 26.6 Å². The van der Waals surface area contributed by atoms with Crippen molar-refractivity contribution in [2.75, 3.05) is 17.2 Å². The molecule has 1 heterocycles. The van der Waals surface area contributed by atoms with Crippen LogP contribution in [0.15, 0.2) is 18.2 Å². The minimum absolute atomic E-state index is 0.270. The zero-order valence-corrected chi connectivity index (χ0v) is 12.2. The van der Waals surface area contributed by atoms with Crippen LogP contribution in [0.25, 0.3) is 0 Å². The second-order valence-corrected chi connectivity index (χ2v) is 4.71. The Morgan fingerprint density at radius 1 is 1.10 bits per heavy atom. The average molecular weight is 274 g/mol. The summed E-state index contributed by atoms with van der Waals surface area (Å²) in [5.74, 6) is 1.90. The van der Waals surface area contributed by atoms with Gasteiger partial charge in [0.15, 0.2) is 0 Å². The third-order valence-electron chi connectivity index (χ3n) is 3.05. The number of hydrogen-bond acceptors (Lipinski definition) is 4. The molecule has 0 amide bonds. The summed E-state index contributed by atoms with van der Waals surface area (Å²) in [6.45, 7) is 8.51. The van der Waals surface area contributed by atoms with E-state index in [1.54, 1.807) is 6.07 Å². The van der Waals surface area contributed by atoms with Crippen LogP contribution in [-0.4, -0.2) is 16.5 Å². The maximum atomic E-state index is 13.3. The molecular formula is C15H19FN4. The fourth-order valence-corrected chi connectivity index (χ4v) is 1.95. The second-order valence-electron chi connectivity index (χ2n) is 4.71. The highest BCUT2D eigenvalue weighted by Gasteiger charge is 2.10. The molecule has 2 rings (SSSR count). The van der Waals surface area contributed by atoms with E-state index in [0.717, 1.165) is 23.5 Å². The molecule has 20 heavy (non-hydrogen) atoms. The zero-order valence-electron chi connectivity index (χ0n) is 12.2. The van der Waals surface area contributed by atoms with E-state index in [9.17, 15) is 4.39 Å². The normalized spacial score (nSPS) is 10.4. The topological polar surface area (TPSA) is 49.8 Å². The standard InChI is InChI=1S/C15H19FN4/c1-5-17-14-10(3)15(19-11(4)18-14)20-13-8-12(16)7-6-9(13)2/h6-8H,5H2,1-4H3,(H2,17,18,19,20). The molecule has 0 saturated heterocycles. The smallest absolute Gasteiger partial charge is 0.139 e. The van der Waals surface area contributed by atoms with Crippen LogP contribution in [0.1, 0.15) is 23.9 Å². The highest BCUT2D eigenvalue weighted by molar-refractivity contribution is 5.66. The van der Waals surface area contributed by atoms with E-state index >= 15 is 0 Å². The van der Waals surface area contributed by atoms with Crippen LogP contribution in [-0.2, 0) is 0 Å². The van der Waals surface area contributed by atoms with Crippen LogP contribution < -0.4 is 10.6 Å². The van der Waals surface area contributed by atoms with Gasteiger partial charge in [0.2, 0.25) is 0 Å². The van der Waals surface area contributed by atoms with Crippen molar-refractivity contribution in [1.82, 2.24) is 9.97 Å². The van der Waals surface area contributed by atoms with Gasteiger partial charge in [0.1, 0.15) is 23.3 Å². The van der Waals surface area contributed by atoms with Gasteiger partial charge in [-0.2, -0.15) is 0 Å². The molecule has 0 unspecified atom stereocenters. The molecule has 0 aliphatic rings. The first-order chi connectivity index (χ1) is 9.51. The van der Waals surface area contributed by atoms with Crippen LogP contribution in [0.3, 0.4) is 0 Å². The van der Waals surface area contributed by atoms with Gasteiger partial charge in [-0.05, 0) is 45.4 Å². The summed E-state index contributed by atoms with van der Waals surface area (Å²) in [4.78, 5) is 8.77. The maximum Gasteiger partial charge on any atom is 0.139 e. The van der Waals surface area contributed by atoms with Crippen molar-refractivity contribution in [3.63, 3.8) is 0 Å². The molecule has 106 valence electrons. The minimum Gasteiger partial charge on any atom is -0.370 e. The van der Waals surface area contributed by atoms with Crippen molar-refractivity contribution >= 4 is 17.3 Å². The summed E-state index contributed by atoms with van der Waals surface area (Å²) in [5.41, 5.74) is 2.60. The van der Waals surface area contributed by atoms with E-state index < -0.39 is 0 Å². The largest absolute Gasteiger partial charge is 0.370 e. The first-order valence-electron chi connectivity index (χ1n) is 6.63. The predicted molar refractivity (Wildman–Crippen MR) is 80.1 cm³/mol. The SMILES string of the molecule is CCNc1nc(C)nc(Nc2cc(F)ccc2C)c1C. The summed E-state index contributed by atoms with van der Waals surface area (Å²) in [6.07, 6.45) is 0. The van der Waals surface area contributed by atoms with Gasteiger partial charge in [0.05, 0.1) is 0 Å². The van der Waals surface area contributed by atoms with Crippen molar-refractivity contribution in [3.8, 4) is 0 Å². The predicted octanol–water partition coefficient (Wildman–Crippen LogP) is 3.72. The monoisotopic (exact) mass is 274 g/mol. The van der Waals surface area contributed by atoms with E-state index in [0.29, 0.717) is 17.3 Å². The third-order valence-corrected chi connectivity index (χ3v) is 3.05. The van der Waals surface area contributed by atoms with E-state index in [2.05, 4.69) is 20.6 Å². The van der Waals surface area contributed by atoms with Crippen LogP contribution in [0.4, 0.5) is 21.7 Å². The lowest BCUT2D eigenvalue weighted by Crippen LogP contribution is -2.08. The van der Waals surface area contributed by atoms with Crippen LogP contribution in [0.2, 0.25) is 0 Å². The highest BCUT2D eigenvalue weighted by atomic mass is 19.1. The third kappa shape index (κ3) is 3.04. The van der Waals surface area contributed by atoms with Gasteiger partial charge in [-0.3, -0.25) is 0 Å². The molecule has 0 aliphatic carbocycles. The number of nitrogens with zero attached hydrogens (tertiary/aromatic N) is 2. The number of benzene rings is 1. The molecule has 0 atom stereocenters. The number of hydrogen-bond donors (Lipinski definition) is 2. The van der Waals surface area contributed by atoms with Gasteiger partial charge in [-0.1, -0.05) is 6.07 Å². The zero-order chi connectivity index (χ0) is 14.7. The minimum atomic E-state index is -0.270. The summed E-state index contributed by atoms with van der Waals surface area (Å²) in [7, 11) is 0. The molecule has 0 fully saturated rings. The van der Waals surface area contributed by atoms with Crippen molar-refractivity contribution in [1.29, 1.82) is 0 Å². The van der Waals surface area contributed by atoms with Gasteiger partial charge in [-0.25, -0.2) is 14.4 Å². The lowest BCUT2D eigenvalue weighted by atomic mass is 10.2. The molecule has 0 saturated carbocycles. The number of aryl methyl sites for hydroxylation is 2. The number of anilines is 3. The molecule has 0 bridgehead atoms. The molecule has 0 aliphatic heterocycles. The summed E-state index contributed by atoms with van der Waals surface area (Å²) in [5, 5.41) is 6.39. The Balaban J connectivity index is 2.40. The van der Waals surface area contributed by atoms with Gasteiger partial charge in [-0.15, -0.1) is 0 Å². The molecule has 2 aromatic rings. The second kappa shape index (κ2) is 5.86. The Hall–Kier alpha value is -2.17. The van der Waals surface area contributed by atoms with Crippen molar-refractivity contribution in [2.24, 2.45) is 0 Å². The fourth-order valence-electron chi connectivity index (χ4n) is 1.95. The average Bonchev–Trinajstić information content (AvgIpc) is 2.39. The number of aromatic nitrogens is 2. The summed E-state index contributed by atoms with van der Waals surface area (Å²) in [6, 6.07) is 4.66. The van der Waals surface area contributed by atoms with E-state index in [4.69, 9.17) is 0 Å². The fraction of sp³-hybridized carbons (Fsp3) is 0.333. The quantitative estimate of drug-likeness (QED) is 0.892. The van der Waals surface area contributed by atoms with E-state index in [1.807, 2.05) is 27.7 Å². The molecular weight excluding hydrogens is 255 g/mol. The molecule has 0 radical (unpaired) electrons. The van der Waals surface area contributed by atoms with Crippen molar-refractivity contribution in [2.45, 2.75) is 27.7 Å². The summed E-state index contributed by atoms with van der Waals surface area (Å²) < 4.78 is 13.3.